The normalized spacial score (nSPS) is 29.1. The molecule has 1 aliphatic carbocycles. The second kappa shape index (κ2) is 7.04. The highest BCUT2D eigenvalue weighted by molar-refractivity contribution is 7.94. The molecule has 1 saturated heterocycles. The Kier molecular flexibility index (Phi) is 4.77. The monoisotopic (exact) mass is 482 g/mol. The van der Waals surface area contributed by atoms with Crippen LogP contribution >= 0.6 is 0 Å². The van der Waals surface area contributed by atoms with Gasteiger partial charge in [-0.15, -0.1) is 0 Å². The lowest BCUT2D eigenvalue weighted by molar-refractivity contribution is 0.0175. The summed E-state index contributed by atoms with van der Waals surface area (Å²) in [6, 6.07) is 3.27. The summed E-state index contributed by atoms with van der Waals surface area (Å²) in [6.45, 7) is 5.26. The molecule has 11 heteroatoms. The molecule has 33 heavy (non-hydrogen) atoms. The van der Waals surface area contributed by atoms with E-state index in [1.165, 1.54) is 7.05 Å². The van der Waals surface area contributed by atoms with Gasteiger partial charge in [-0.05, 0) is 57.7 Å². The third-order valence-electron chi connectivity index (χ3n) is 6.72. The summed E-state index contributed by atoms with van der Waals surface area (Å²) in [6.07, 6.45) is 3.66. The second-order valence-electron chi connectivity index (χ2n) is 10.3. The Labute approximate surface area is 192 Å². The number of aromatic nitrogens is 1. The average molecular weight is 483 g/mol. The summed E-state index contributed by atoms with van der Waals surface area (Å²) in [5, 5.41) is 0. The largest absolute Gasteiger partial charge is 0.444 e. The molecule has 2 bridgehead atoms. The lowest BCUT2D eigenvalue weighted by atomic mass is 9.98. The first-order valence-electron chi connectivity index (χ1n) is 11.2. The van der Waals surface area contributed by atoms with Crippen molar-refractivity contribution in [2.24, 2.45) is 5.92 Å². The van der Waals surface area contributed by atoms with Crippen LogP contribution in [0.5, 0.6) is 0 Å². The van der Waals surface area contributed by atoms with Crippen LogP contribution in [0, 0.1) is 5.92 Å². The SMILES string of the molecule is CN1c2nc(C3=CC4CCC(C3)N4C(=O)OC(C)(C)C)ccc2N(CC2CC2(F)F)S1(=O)=O. The lowest BCUT2D eigenvalue weighted by Gasteiger charge is -2.35. The van der Waals surface area contributed by atoms with Gasteiger partial charge in [0, 0.05) is 32.0 Å². The van der Waals surface area contributed by atoms with Crippen LogP contribution in [-0.2, 0) is 14.9 Å². The van der Waals surface area contributed by atoms with Crippen LogP contribution < -0.4 is 8.61 Å². The molecule has 0 aromatic carbocycles. The summed E-state index contributed by atoms with van der Waals surface area (Å²) in [7, 11) is -2.55. The Morgan fingerprint density at radius 1 is 1.27 bits per heavy atom. The Morgan fingerprint density at radius 3 is 2.58 bits per heavy atom. The molecule has 1 saturated carbocycles. The maximum Gasteiger partial charge on any atom is 0.411 e. The lowest BCUT2D eigenvalue weighted by Crippen LogP contribution is -2.45. The molecule has 2 fully saturated rings. The summed E-state index contributed by atoms with van der Waals surface area (Å²) in [5.41, 5.74) is 1.32. The number of amides is 1. The van der Waals surface area contributed by atoms with Gasteiger partial charge in [-0.25, -0.2) is 27.2 Å². The molecule has 3 aliphatic heterocycles. The summed E-state index contributed by atoms with van der Waals surface area (Å²) in [5.74, 6) is -3.54. The van der Waals surface area contributed by atoms with Crippen LogP contribution in [0.15, 0.2) is 18.2 Å². The van der Waals surface area contributed by atoms with E-state index in [-0.39, 0.29) is 37.0 Å². The van der Waals surface area contributed by atoms with Gasteiger partial charge in [0.25, 0.3) is 5.92 Å². The predicted octanol–water partition coefficient (Wildman–Crippen LogP) is 3.79. The van der Waals surface area contributed by atoms with E-state index < -0.39 is 27.7 Å². The van der Waals surface area contributed by atoms with Gasteiger partial charge in [-0.1, -0.05) is 6.08 Å². The van der Waals surface area contributed by atoms with E-state index in [2.05, 4.69) is 4.98 Å². The van der Waals surface area contributed by atoms with E-state index in [4.69, 9.17) is 4.74 Å². The van der Waals surface area contributed by atoms with Gasteiger partial charge >= 0.3 is 16.3 Å². The molecule has 4 heterocycles. The Morgan fingerprint density at radius 2 is 1.97 bits per heavy atom. The van der Waals surface area contributed by atoms with Crippen molar-refractivity contribution in [3.05, 3.63) is 23.9 Å². The number of ether oxygens (including phenoxy) is 1. The molecule has 4 aliphatic rings. The molecule has 8 nitrogen and oxygen atoms in total. The topological polar surface area (TPSA) is 83.1 Å². The zero-order valence-electron chi connectivity index (χ0n) is 19.1. The summed E-state index contributed by atoms with van der Waals surface area (Å²) in [4.78, 5) is 19.1. The van der Waals surface area contributed by atoms with Gasteiger partial charge in [-0.2, -0.15) is 8.42 Å². The number of anilines is 2. The molecule has 180 valence electrons. The standard InChI is InChI=1S/C22H28F2N4O4S/c1-21(2,3)32-20(29)28-15-5-6-16(28)10-13(9-15)17-7-8-18-19(25-17)26(4)33(30,31)27(18)12-14-11-22(14,23)24/h7-9,14-16H,5-6,10-12H2,1-4H3. The molecule has 3 unspecified atom stereocenters. The van der Waals surface area contributed by atoms with Crippen LogP contribution in [0.2, 0.25) is 0 Å². The fourth-order valence-corrected chi connectivity index (χ4v) is 6.32. The van der Waals surface area contributed by atoms with E-state index in [1.807, 2.05) is 26.8 Å². The minimum absolute atomic E-state index is 0.00466. The zero-order valence-corrected chi connectivity index (χ0v) is 19.9. The van der Waals surface area contributed by atoms with Crippen LogP contribution in [0.1, 0.15) is 52.1 Å². The number of carbonyl (C=O) groups is 1. The maximum atomic E-state index is 13.4. The van der Waals surface area contributed by atoms with Crippen molar-refractivity contribution in [3.63, 3.8) is 0 Å². The highest BCUT2D eigenvalue weighted by Crippen LogP contribution is 2.51. The van der Waals surface area contributed by atoms with Crippen LogP contribution in [0.25, 0.3) is 5.57 Å². The number of carbonyl (C=O) groups excluding carboxylic acids is 1. The maximum absolute atomic E-state index is 13.4. The molecule has 1 amide bonds. The smallest absolute Gasteiger partial charge is 0.411 e. The minimum atomic E-state index is -3.94. The second-order valence-corrected chi connectivity index (χ2v) is 12.2. The van der Waals surface area contributed by atoms with Gasteiger partial charge in [0.05, 0.1) is 17.4 Å². The van der Waals surface area contributed by atoms with E-state index in [1.54, 1.807) is 17.0 Å². The van der Waals surface area contributed by atoms with Crippen molar-refractivity contribution in [2.75, 3.05) is 22.2 Å². The Bertz CT molecular complexity index is 1150. The van der Waals surface area contributed by atoms with Crippen LogP contribution in [0.3, 0.4) is 0 Å². The summed E-state index contributed by atoms with van der Waals surface area (Å²) < 4.78 is 60.3. The van der Waals surface area contributed by atoms with Gasteiger partial charge in [-0.3, -0.25) is 4.90 Å². The quantitative estimate of drug-likeness (QED) is 0.655. The first-order chi connectivity index (χ1) is 15.3. The Balaban J connectivity index is 1.41. The number of rotatable bonds is 3. The molecule has 0 radical (unpaired) electrons. The highest BCUT2D eigenvalue weighted by atomic mass is 32.2. The molecular weight excluding hydrogens is 454 g/mol. The molecule has 1 aromatic heterocycles. The molecule has 0 N–H and O–H groups in total. The Hall–Kier alpha value is -2.43. The zero-order chi connectivity index (χ0) is 23.9. The number of nitrogens with zero attached hydrogens (tertiary/aromatic N) is 4. The first kappa shape index (κ1) is 22.4. The number of halogens is 2. The molecular formula is C22H28F2N4O4S. The number of fused-ring (bicyclic) bond motifs is 3. The van der Waals surface area contributed by atoms with Crippen molar-refractivity contribution in [3.8, 4) is 0 Å². The third-order valence-corrected chi connectivity index (χ3v) is 8.48. The molecule has 1 aromatic rings. The number of hydrogen-bond acceptors (Lipinski definition) is 5. The van der Waals surface area contributed by atoms with Crippen molar-refractivity contribution < 1.29 is 26.7 Å². The van der Waals surface area contributed by atoms with E-state index in [9.17, 15) is 22.0 Å². The molecule has 3 atom stereocenters. The fraction of sp³-hybridized carbons (Fsp3) is 0.636. The van der Waals surface area contributed by atoms with Crippen molar-refractivity contribution in [1.29, 1.82) is 0 Å². The van der Waals surface area contributed by atoms with Gasteiger partial charge < -0.3 is 4.74 Å². The molecule has 5 rings (SSSR count). The first-order valence-corrected chi connectivity index (χ1v) is 12.6. The number of hydrogen-bond donors (Lipinski definition) is 0. The molecule has 0 spiro atoms. The van der Waals surface area contributed by atoms with E-state index in [0.717, 1.165) is 27.0 Å². The number of alkyl halides is 2. The minimum Gasteiger partial charge on any atom is -0.444 e. The average Bonchev–Trinajstić information content (AvgIpc) is 3.15. The predicted molar refractivity (Wildman–Crippen MR) is 119 cm³/mol. The number of pyridine rings is 1. The van der Waals surface area contributed by atoms with E-state index in [0.29, 0.717) is 17.8 Å². The van der Waals surface area contributed by atoms with Crippen molar-refractivity contribution in [2.45, 2.75) is 70.1 Å². The third kappa shape index (κ3) is 3.74. The van der Waals surface area contributed by atoms with Crippen molar-refractivity contribution in [1.82, 2.24) is 9.88 Å². The highest BCUT2D eigenvalue weighted by Gasteiger charge is 2.59. The van der Waals surface area contributed by atoms with Gasteiger partial charge in [0.1, 0.15) is 5.60 Å². The van der Waals surface area contributed by atoms with Gasteiger partial charge in [0.15, 0.2) is 5.82 Å². The van der Waals surface area contributed by atoms with Crippen molar-refractivity contribution >= 4 is 33.4 Å². The van der Waals surface area contributed by atoms with E-state index >= 15 is 0 Å². The van der Waals surface area contributed by atoms with Gasteiger partial charge in [0.2, 0.25) is 0 Å². The van der Waals surface area contributed by atoms with Crippen LogP contribution in [-0.4, -0.2) is 61.6 Å². The fourth-order valence-electron chi connectivity index (χ4n) is 4.91. The summed E-state index contributed by atoms with van der Waals surface area (Å²) >= 11 is 0. The van der Waals surface area contributed by atoms with Crippen LogP contribution in [0.4, 0.5) is 25.1 Å².